The maximum absolute atomic E-state index is 14.3. The highest BCUT2D eigenvalue weighted by atomic mass is 79.9. The molecule has 0 aliphatic carbocycles. The Bertz CT molecular complexity index is 1340. The van der Waals surface area contributed by atoms with Gasteiger partial charge in [0.2, 0.25) is 17.7 Å². The Morgan fingerprint density at radius 2 is 1.60 bits per heavy atom. The fraction of sp³-hybridized carbons (Fsp3) is 0.559. The summed E-state index contributed by atoms with van der Waals surface area (Å²) in [6.45, 7) is 9.06. The van der Waals surface area contributed by atoms with Crippen LogP contribution in [0.4, 0.5) is 17.1 Å². The third-order valence-electron chi connectivity index (χ3n) is 9.34. The van der Waals surface area contributed by atoms with Crippen LogP contribution in [-0.2, 0) is 14.4 Å². The molecule has 244 valence electrons. The second kappa shape index (κ2) is 14.8. The minimum absolute atomic E-state index is 0.00390. The predicted octanol–water partition coefficient (Wildman–Crippen LogP) is 5.53. The number of thioether (sulfide) groups is 1. The van der Waals surface area contributed by atoms with Gasteiger partial charge in [0.15, 0.2) is 0 Å². The van der Waals surface area contributed by atoms with Crippen LogP contribution in [0.1, 0.15) is 52.9 Å². The van der Waals surface area contributed by atoms with Crippen LogP contribution in [0.15, 0.2) is 48.5 Å². The van der Waals surface area contributed by atoms with Gasteiger partial charge in [-0.05, 0) is 88.6 Å². The lowest BCUT2D eigenvalue weighted by Gasteiger charge is -2.35. The first-order valence-electron chi connectivity index (χ1n) is 16.2. The van der Waals surface area contributed by atoms with Crippen LogP contribution in [0, 0.1) is 11.8 Å². The van der Waals surface area contributed by atoms with Crippen molar-refractivity contribution < 1.29 is 24.2 Å². The second-order valence-electron chi connectivity index (χ2n) is 12.0. The fourth-order valence-electron chi connectivity index (χ4n) is 7.30. The van der Waals surface area contributed by atoms with Crippen LogP contribution in [-0.4, -0.2) is 81.4 Å². The number of anilines is 3. The Hall–Kier alpha value is -2.76. The fourth-order valence-corrected chi connectivity index (χ4v) is 10.9. The zero-order valence-electron chi connectivity index (χ0n) is 26.3. The Labute approximate surface area is 279 Å². The first kappa shape index (κ1) is 33.6. The number of hydrogen-bond donors (Lipinski definition) is 3. The number of halogens is 1. The van der Waals surface area contributed by atoms with Crippen molar-refractivity contribution in [3.63, 3.8) is 0 Å². The van der Waals surface area contributed by atoms with E-state index < -0.39 is 22.6 Å². The molecule has 5 rings (SSSR count). The van der Waals surface area contributed by atoms with Gasteiger partial charge in [-0.15, -0.1) is 11.8 Å². The van der Waals surface area contributed by atoms with E-state index in [0.29, 0.717) is 37.4 Å². The normalized spacial score (nSPS) is 26.6. The number of rotatable bonds is 15. The van der Waals surface area contributed by atoms with E-state index in [1.54, 1.807) is 16.7 Å². The summed E-state index contributed by atoms with van der Waals surface area (Å²) < 4.78 is 4.82. The van der Waals surface area contributed by atoms with Crippen molar-refractivity contribution >= 4 is 62.5 Å². The van der Waals surface area contributed by atoms with Gasteiger partial charge in [0.25, 0.3) is 0 Å². The summed E-state index contributed by atoms with van der Waals surface area (Å²) in [5.74, 6) is -0.968. The smallest absolute Gasteiger partial charge is 0.248 e. The van der Waals surface area contributed by atoms with E-state index in [0.717, 1.165) is 43.8 Å². The van der Waals surface area contributed by atoms with Gasteiger partial charge in [0, 0.05) is 53.4 Å². The molecule has 45 heavy (non-hydrogen) atoms. The van der Waals surface area contributed by atoms with E-state index >= 15 is 0 Å². The summed E-state index contributed by atoms with van der Waals surface area (Å²) >= 11 is 5.48. The van der Waals surface area contributed by atoms with E-state index in [1.165, 1.54) is 0 Å². The average Bonchev–Trinajstić information content (AvgIpc) is 3.62. The van der Waals surface area contributed by atoms with Gasteiger partial charge in [-0.25, -0.2) is 0 Å². The van der Waals surface area contributed by atoms with Crippen molar-refractivity contribution in [1.82, 2.24) is 4.90 Å². The Morgan fingerprint density at radius 3 is 2.22 bits per heavy atom. The lowest BCUT2D eigenvalue weighted by Crippen LogP contribution is -2.52. The van der Waals surface area contributed by atoms with Gasteiger partial charge in [-0.2, -0.15) is 0 Å². The second-order valence-corrected chi connectivity index (χ2v) is 14.7. The summed E-state index contributed by atoms with van der Waals surface area (Å²) in [5.41, 5.74) is 2.42. The lowest BCUT2D eigenvalue weighted by molar-refractivity contribution is -0.138. The van der Waals surface area contributed by atoms with Crippen LogP contribution in [0.2, 0.25) is 0 Å². The molecule has 3 N–H and O–H groups in total. The highest BCUT2D eigenvalue weighted by Crippen LogP contribution is 2.67. The number of nitrogens with zero attached hydrogens (tertiary/aromatic N) is 2. The first-order valence-corrected chi connectivity index (χ1v) is 18.0. The number of likely N-dealkylation sites (tertiary alicyclic amines) is 1. The molecule has 2 aromatic carbocycles. The SMILES string of the molecule is CCOc1ccc(NC(=O)[C@H]2[C@H]3C(=O)N(CCCCCCO)C(C(=O)Nc4ccc(N(CC)CC)cc4)C34CC(Br)[C@@H]2S4)cc1. The molecule has 11 heteroatoms. The zero-order chi connectivity index (χ0) is 32.1. The van der Waals surface area contributed by atoms with Gasteiger partial charge in [-0.1, -0.05) is 28.8 Å². The number of alkyl halides is 1. The number of fused-ring (bicyclic) bond motifs is 1. The number of nitrogens with one attached hydrogen (secondary N) is 2. The number of unbranched alkanes of at least 4 members (excludes halogenated alkanes) is 3. The molecule has 0 radical (unpaired) electrons. The Kier molecular flexibility index (Phi) is 11.0. The maximum atomic E-state index is 14.3. The molecule has 3 aliphatic rings. The molecule has 1 spiro atoms. The van der Waals surface area contributed by atoms with Crippen LogP contribution < -0.4 is 20.3 Å². The molecular weight excluding hydrogens is 656 g/mol. The molecule has 3 fully saturated rings. The summed E-state index contributed by atoms with van der Waals surface area (Å²) in [7, 11) is 0. The largest absolute Gasteiger partial charge is 0.494 e. The van der Waals surface area contributed by atoms with E-state index in [2.05, 4.69) is 45.3 Å². The Morgan fingerprint density at radius 1 is 0.978 bits per heavy atom. The van der Waals surface area contributed by atoms with Gasteiger partial charge >= 0.3 is 0 Å². The zero-order valence-corrected chi connectivity index (χ0v) is 28.7. The van der Waals surface area contributed by atoms with Crippen molar-refractivity contribution in [2.24, 2.45) is 11.8 Å². The standard InChI is InChI=1S/C34H45BrN4O5S/c1-4-38(5-2)24-15-11-22(12-16-24)37-32(42)30-34-21-26(35)29(45-34)27(28(34)33(43)39(30)19-9-7-8-10-20-40)31(41)36-23-13-17-25(18-14-23)44-6-3/h11-18,26-30,40H,4-10,19-21H2,1-3H3,(H,36,41)(H,37,42)/t26?,27-,28-,29-,30?,34?/m0/s1. The topological polar surface area (TPSA) is 111 Å². The number of carbonyl (C=O) groups excluding carboxylic acids is 3. The molecule has 2 bridgehead atoms. The lowest BCUT2D eigenvalue weighted by atomic mass is 9.70. The first-order chi connectivity index (χ1) is 21.8. The number of aliphatic hydroxyl groups excluding tert-OH is 1. The van der Waals surface area contributed by atoms with E-state index in [1.807, 2.05) is 55.5 Å². The highest BCUT2D eigenvalue weighted by molar-refractivity contribution is 9.09. The summed E-state index contributed by atoms with van der Waals surface area (Å²) in [6.07, 6.45) is 3.78. The van der Waals surface area contributed by atoms with Crippen LogP contribution in [0.3, 0.4) is 0 Å². The van der Waals surface area contributed by atoms with Crippen LogP contribution >= 0.6 is 27.7 Å². The number of benzene rings is 2. The van der Waals surface area contributed by atoms with Crippen LogP contribution in [0.5, 0.6) is 5.75 Å². The van der Waals surface area contributed by atoms with Gasteiger partial charge < -0.3 is 30.3 Å². The van der Waals surface area contributed by atoms with Crippen molar-refractivity contribution in [3.05, 3.63) is 48.5 Å². The number of hydrogen-bond acceptors (Lipinski definition) is 7. The predicted molar refractivity (Wildman–Crippen MR) is 184 cm³/mol. The quantitative estimate of drug-likeness (QED) is 0.166. The molecule has 3 heterocycles. The third kappa shape index (κ3) is 6.72. The Balaban J connectivity index is 1.40. The summed E-state index contributed by atoms with van der Waals surface area (Å²) in [5, 5.41) is 15.3. The van der Waals surface area contributed by atoms with E-state index in [4.69, 9.17) is 4.74 Å². The molecule has 3 amide bonds. The van der Waals surface area contributed by atoms with Crippen molar-refractivity contribution in [3.8, 4) is 5.75 Å². The average molecular weight is 702 g/mol. The third-order valence-corrected chi connectivity index (χ3v) is 12.6. The molecule has 0 saturated carbocycles. The molecule has 3 unspecified atom stereocenters. The van der Waals surface area contributed by atoms with E-state index in [-0.39, 0.29) is 34.4 Å². The molecule has 3 saturated heterocycles. The maximum Gasteiger partial charge on any atom is 0.248 e. The van der Waals surface area contributed by atoms with Crippen molar-refractivity contribution in [2.75, 3.05) is 48.4 Å². The number of aliphatic hydroxyl groups is 1. The van der Waals surface area contributed by atoms with E-state index in [9.17, 15) is 19.5 Å². The number of carbonyl (C=O) groups is 3. The van der Waals surface area contributed by atoms with Crippen molar-refractivity contribution in [2.45, 2.75) is 73.7 Å². The molecule has 3 aliphatic heterocycles. The number of ether oxygens (including phenoxy) is 1. The highest BCUT2D eigenvalue weighted by Gasteiger charge is 2.75. The van der Waals surface area contributed by atoms with Crippen molar-refractivity contribution in [1.29, 1.82) is 0 Å². The summed E-state index contributed by atoms with van der Waals surface area (Å²) in [6, 6.07) is 14.4. The molecule has 9 nitrogen and oxygen atoms in total. The van der Waals surface area contributed by atoms with Crippen LogP contribution in [0.25, 0.3) is 0 Å². The van der Waals surface area contributed by atoms with Gasteiger partial charge in [-0.3, -0.25) is 14.4 Å². The van der Waals surface area contributed by atoms with Gasteiger partial charge in [0.05, 0.1) is 23.2 Å². The molecule has 0 aromatic heterocycles. The molecule has 6 atom stereocenters. The minimum atomic E-state index is -0.715. The molecule has 2 aromatic rings. The van der Waals surface area contributed by atoms with Gasteiger partial charge in [0.1, 0.15) is 11.8 Å². The summed E-state index contributed by atoms with van der Waals surface area (Å²) in [4.78, 5) is 46.4. The monoisotopic (exact) mass is 700 g/mol. The molecular formula is C34H45BrN4O5S. The number of amides is 3. The minimum Gasteiger partial charge on any atom is -0.494 e.